The van der Waals surface area contributed by atoms with Gasteiger partial charge in [0, 0.05) is 63.5 Å². The number of benzene rings is 2. The number of ether oxygens (including phenoxy) is 1. The van der Waals surface area contributed by atoms with Crippen LogP contribution in [-0.2, 0) is 4.79 Å². The van der Waals surface area contributed by atoms with Crippen molar-refractivity contribution in [1.82, 2.24) is 15.2 Å². The van der Waals surface area contributed by atoms with E-state index in [0.717, 1.165) is 11.3 Å². The van der Waals surface area contributed by atoms with Crippen molar-refractivity contribution in [3.63, 3.8) is 0 Å². The molecule has 10 heteroatoms. The lowest BCUT2D eigenvalue weighted by Gasteiger charge is -2.36. The van der Waals surface area contributed by atoms with Crippen LogP contribution >= 0.6 is 0 Å². The average Bonchev–Trinajstić information content (AvgIpc) is 3.49. The van der Waals surface area contributed by atoms with Crippen molar-refractivity contribution in [3.05, 3.63) is 60.4 Å². The van der Waals surface area contributed by atoms with E-state index in [4.69, 9.17) is 9.15 Å². The summed E-state index contributed by atoms with van der Waals surface area (Å²) in [7, 11) is 1.62. The lowest BCUT2D eigenvalue weighted by Crippen LogP contribution is -2.53. The van der Waals surface area contributed by atoms with Crippen LogP contribution in [0.5, 0.6) is 5.75 Å². The van der Waals surface area contributed by atoms with E-state index >= 15 is 0 Å². The Labute approximate surface area is 208 Å². The molecular weight excluding hydrogens is 465 g/mol. The fourth-order valence-electron chi connectivity index (χ4n) is 4.67. The van der Waals surface area contributed by atoms with Crippen LogP contribution in [0.1, 0.15) is 12.3 Å². The van der Waals surface area contributed by atoms with Crippen LogP contribution in [0.25, 0.3) is 11.3 Å². The number of hydrogen-bond acceptors (Lipinski definition) is 6. The van der Waals surface area contributed by atoms with Gasteiger partial charge in [0.2, 0.25) is 5.91 Å². The van der Waals surface area contributed by atoms with Crippen LogP contribution in [0, 0.1) is 12.7 Å². The van der Waals surface area contributed by atoms with Crippen LogP contribution in [0.4, 0.5) is 20.6 Å². The first-order chi connectivity index (χ1) is 17.4. The summed E-state index contributed by atoms with van der Waals surface area (Å²) >= 11 is 0. The molecule has 5 rings (SSSR count). The molecule has 2 aliphatic rings. The van der Waals surface area contributed by atoms with Crippen LogP contribution in [0.2, 0.25) is 0 Å². The molecule has 3 amide bonds. The predicted octanol–water partition coefficient (Wildman–Crippen LogP) is 3.43. The summed E-state index contributed by atoms with van der Waals surface area (Å²) in [5, 5.41) is 2.99. The maximum absolute atomic E-state index is 13.2. The van der Waals surface area contributed by atoms with Gasteiger partial charge in [-0.05, 0) is 36.4 Å². The summed E-state index contributed by atoms with van der Waals surface area (Å²) in [5.41, 5.74) is 2.47. The van der Waals surface area contributed by atoms with Crippen molar-refractivity contribution < 1.29 is 23.1 Å². The molecule has 1 unspecified atom stereocenters. The van der Waals surface area contributed by atoms with Gasteiger partial charge in [0.25, 0.3) is 0 Å². The molecule has 2 aliphatic heterocycles. The Balaban J connectivity index is 1.16. The normalized spacial score (nSPS) is 18.0. The first-order valence-electron chi connectivity index (χ1n) is 11.9. The monoisotopic (exact) mass is 493 g/mol. The van der Waals surface area contributed by atoms with Crippen LogP contribution in [0.15, 0.2) is 53.1 Å². The fourth-order valence-corrected chi connectivity index (χ4v) is 4.67. The Morgan fingerprint density at radius 2 is 1.83 bits per heavy atom. The minimum absolute atomic E-state index is 0.0883. The Bertz CT molecular complexity index is 1250. The van der Waals surface area contributed by atoms with Gasteiger partial charge in [-0.3, -0.25) is 4.79 Å². The Morgan fingerprint density at radius 1 is 1.11 bits per heavy atom. The number of nitrogens with one attached hydrogen (secondary N) is 1. The quantitative estimate of drug-likeness (QED) is 0.586. The van der Waals surface area contributed by atoms with Gasteiger partial charge in [0.1, 0.15) is 11.6 Å². The molecule has 3 aromatic rings. The first kappa shape index (κ1) is 23.7. The van der Waals surface area contributed by atoms with Crippen molar-refractivity contribution >= 4 is 23.3 Å². The topological polar surface area (TPSA) is 91.2 Å². The number of oxazole rings is 1. The van der Waals surface area contributed by atoms with E-state index in [1.54, 1.807) is 42.2 Å². The van der Waals surface area contributed by atoms with Crippen molar-refractivity contribution in [3.8, 4) is 17.1 Å². The summed E-state index contributed by atoms with van der Waals surface area (Å²) in [4.78, 5) is 35.0. The first-order valence-corrected chi connectivity index (χ1v) is 11.9. The molecule has 1 atom stereocenters. The number of rotatable bonds is 5. The van der Waals surface area contributed by atoms with E-state index in [1.165, 1.54) is 12.1 Å². The predicted molar refractivity (Wildman–Crippen MR) is 133 cm³/mol. The van der Waals surface area contributed by atoms with Gasteiger partial charge in [-0.25, -0.2) is 14.2 Å². The number of halogens is 1. The molecule has 3 heterocycles. The number of methoxy groups -OCH3 is 1. The van der Waals surface area contributed by atoms with E-state index in [2.05, 4.69) is 15.2 Å². The zero-order chi connectivity index (χ0) is 25.2. The number of aromatic nitrogens is 1. The number of carbonyl (C=O) groups is 2. The lowest BCUT2D eigenvalue weighted by molar-refractivity contribution is -0.117. The van der Waals surface area contributed by atoms with Crippen molar-refractivity contribution in [2.75, 3.05) is 49.6 Å². The van der Waals surface area contributed by atoms with Gasteiger partial charge in [-0.1, -0.05) is 0 Å². The number of piperazine rings is 1. The highest BCUT2D eigenvalue weighted by molar-refractivity contribution is 5.96. The number of nitrogens with zero attached hydrogens (tertiary/aromatic N) is 4. The zero-order valence-electron chi connectivity index (χ0n) is 20.2. The Kier molecular flexibility index (Phi) is 6.49. The summed E-state index contributed by atoms with van der Waals surface area (Å²) < 4.78 is 24.4. The summed E-state index contributed by atoms with van der Waals surface area (Å²) in [6, 6.07) is 11.3. The second-order valence-electron chi connectivity index (χ2n) is 8.93. The number of amides is 3. The summed E-state index contributed by atoms with van der Waals surface area (Å²) in [5.74, 6) is 1.50. The van der Waals surface area contributed by atoms with Gasteiger partial charge in [0.15, 0.2) is 11.7 Å². The van der Waals surface area contributed by atoms with Crippen LogP contribution in [0.3, 0.4) is 0 Å². The smallest absolute Gasteiger partial charge is 0.317 e. The minimum atomic E-state index is -0.353. The highest BCUT2D eigenvalue weighted by atomic mass is 19.1. The zero-order valence-corrected chi connectivity index (χ0v) is 20.2. The SMILES string of the molecule is COc1cc(N2CCN(C(=O)NC3CC(=O)N(c4ccc(F)cc4)C3)CC2)ccc1-c1cnc(C)o1. The Hall–Kier alpha value is -4.08. The molecule has 2 saturated heterocycles. The molecule has 2 fully saturated rings. The molecule has 0 radical (unpaired) electrons. The van der Waals surface area contributed by atoms with Crippen LogP contribution < -0.4 is 19.9 Å². The highest BCUT2D eigenvalue weighted by Crippen LogP contribution is 2.34. The molecule has 1 aromatic heterocycles. The van der Waals surface area contributed by atoms with E-state index in [1.807, 2.05) is 18.2 Å². The maximum atomic E-state index is 13.2. The van der Waals surface area contributed by atoms with E-state index in [0.29, 0.717) is 55.8 Å². The molecule has 1 N–H and O–H groups in total. The number of aryl methyl sites for hydroxylation is 1. The molecule has 36 heavy (non-hydrogen) atoms. The van der Waals surface area contributed by atoms with Gasteiger partial charge < -0.3 is 29.2 Å². The van der Waals surface area contributed by atoms with Gasteiger partial charge >= 0.3 is 6.03 Å². The van der Waals surface area contributed by atoms with Gasteiger partial charge in [-0.2, -0.15) is 0 Å². The van der Waals surface area contributed by atoms with Crippen molar-refractivity contribution in [2.24, 2.45) is 0 Å². The van der Waals surface area contributed by atoms with Gasteiger partial charge in [-0.15, -0.1) is 0 Å². The largest absolute Gasteiger partial charge is 0.496 e. The highest BCUT2D eigenvalue weighted by Gasteiger charge is 2.33. The number of anilines is 2. The molecule has 0 aliphatic carbocycles. The molecule has 2 aromatic carbocycles. The van der Waals surface area contributed by atoms with E-state index in [9.17, 15) is 14.0 Å². The molecule has 188 valence electrons. The Morgan fingerprint density at radius 3 is 2.50 bits per heavy atom. The number of carbonyl (C=O) groups excluding carboxylic acids is 2. The summed E-state index contributed by atoms with van der Waals surface area (Å²) in [6.07, 6.45) is 1.90. The lowest BCUT2D eigenvalue weighted by atomic mass is 10.1. The second kappa shape index (κ2) is 9.88. The third kappa shape index (κ3) is 4.84. The van der Waals surface area contributed by atoms with E-state index in [-0.39, 0.29) is 30.2 Å². The second-order valence-corrected chi connectivity index (χ2v) is 8.93. The number of urea groups is 1. The third-order valence-electron chi connectivity index (χ3n) is 6.59. The third-order valence-corrected chi connectivity index (χ3v) is 6.59. The molecule has 0 saturated carbocycles. The number of hydrogen-bond donors (Lipinski definition) is 1. The molecule has 0 spiro atoms. The van der Waals surface area contributed by atoms with E-state index < -0.39 is 0 Å². The van der Waals surface area contributed by atoms with Gasteiger partial charge in [0.05, 0.1) is 24.9 Å². The van der Waals surface area contributed by atoms with Crippen LogP contribution in [-0.4, -0.2) is 67.7 Å². The molecule has 0 bridgehead atoms. The minimum Gasteiger partial charge on any atom is -0.496 e. The van der Waals surface area contributed by atoms with Crippen molar-refractivity contribution in [2.45, 2.75) is 19.4 Å². The maximum Gasteiger partial charge on any atom is 0.317 e. The molecular formula is C26H28FN5O4. The molecule has 9 nitrogen and oxygen atoms in total. The van der Waals surface area contributed by atoms with Crippen molar-refractivity contribution in [1.29, 1.82) is 0 Å². The average molecular weight is 494 g/mol. The summed E-state index contributed by atoms with van der Waals surface area (Å²) in [6.45, 7) is 4.61. The fraction of sp³-hybridized carbons (Fsp3) is 0.346. The standard InChI is InChI=1S/C26H28FN5O4/c1-17-28-15-24(36-17)22-8-7-21(14-23(22)35-2)30-9-11-31(12-10-30)26(34)29-19-13-25(33)32(16-19)20-5-3-18(27)4-6-20/h3-8,14-15,19H,9-13,16H2,1-2H3,(H,29,34).